The Morgan fingerprint density at radius 3 is 2.72 bits per heavy atom. The molecule has 6 nitrogen and oxygen atoms in total. The molecule has 0 radical (unpaired) electrons. The van der Waals surface area contributed by atoms with E-state index in [9.17, 15) is 9.59 Å². The van der Waals surface area contributed by atoms with Crippen molar-refractivity contribution >= 4 is 39.2 Å². The minimum Gasteiger partial charge on any atom is -0.339 e. The lowest BCUT2D eigenvalue weighted by atomic mass is 9.97. The molecule has 4 rings (SSSR count). The first-order valence-corrected chi connectivity index (χ1v) is 10.6. The molecule has 1 unspecified atom stereocenters. The normalized spacial score (nSPS) is 16.6. The van der Waals surface area contributed by atoms with Gasteiger partial charge in [0, 0.05) is 25.8 Å². The molecular weight excluding hydrogens is 384 g/mol. The number of fused-ring (bicyclic) bond motifs is 1. The van der Waals surface area contributed by atoms with Crippen molar-refractivity contribution in [1.82, 2.24) is 14.8 Å². The van der Waals surface area contributed by atoms with Crippen molar-refractivity contribution in [3.63, 3.8) is 0 Å². The minimum atomic E-state index is -0.176. The Kier molecular flexibility index (Phi) is 5.76. The Morgan fingerprint density at radius 2 is 1.93 bits per heavy atom. The third kappa shape index (κ3) is 4.56. The molecule has 1 N–H and O–H groups in total. The van der Waals surface area contributed by atoms with Gasteiger partial charge in [0.15, 0.2) is 0 Å². The molecule has 1 saturated heterocycles. The number of aromatic nitrogens is 1. The summed E-state index contributed by atoms with van der Waals surface area (Å²) in [4.78, 5) is 33.7. The van der Waals surface area contributed by atoms with Gasteiger partial charge in [0.25, 0.3) is 0 Å². The lowest BCUT2D eigenvalue weighted by molar-refractivity contribution is -0.136. The lowest BCUT2D eigenvalue weighted by Gasteiger charge is -2.33. The number of urea groups is 1. The zero-order valence-electron chi connectivity index (χ0n) is 16.4. The van der Waals surface area contributed by atoms with Gasteiger partial charge in [-0.2, -0.15) is 0 Å². The number of para-hydroxylation sites is 2. The van der Waals surface area contributed by atoms with Crippen LogP contribution in [0.15, 0.2) is 54.6 Å². The van der Waals surface area contributed by atoms with Crippen molar-refractivity contribution in [3.8, 4) is 0 Å². The maximum Gasteiger partial charge on any atom is 0.321 e. The van der Waals surface area contributed by atoms with Gasteiger partial charge in [-0.1, -0.05) is 30.3 Å². The van der Waals surface area contributed by atoms with Gasteiger partial charge in [-0.15, -0.1) is 11.3 Å². The van der Waals surface area contributed by atoms with Crippen LogP contribution in [0.25, 0.3) is 10.2 Å². The second-order valence-electron chi connectivity index (χ2n) is 7.35. The summed E-state index contributed by atoms with van der Waals surface area (Å²) in [5.74, 6) is -0.105. The Labute approximate surface area is 174 Å². The van der Waals surface area contributed by atoms with Gasteiger partial charge in [0.2, 0.25) is 5.91 Å². The van der Waals surface area contributed by atoms with Crippen LogP contribution in [0.3, 0.4) is 0 Å². The van der Waals surface area contributed by atoms with Crippen LogP contribution < -0.4 is 5.32 Å². The quantitative estimate of drug-likeness (QED) is 0.704. The summed E-state index contributed by atoms with van der Waals surface area (Å²) in [7, 11) is 1.82. The lowest BCUT2D eigenvalue weighted by Crippen LogP contribution is -2.47. The summed E-state index contributed by atoms with van der Waals surface area (Å²) in [6, 6.07) is 17.2. The number of nitrogens with zero attached hydrogens (tertiary/aromatic N) is 3. The number of hydrogen-bond donors (Lipinski definition) is 1. The average molecular weight is 409 g/mol. The molecule has 1 fully saturated rings. The minimum absolute atomic E-state index is 0.0708. The van der Waals surface area contributed by atoms with Crippen molar-refractivity contribution in [1.29, 1.82) is 0 Å². The van der Waals surface area contributed by atoms with E-state index >= 15 is 0 Å². The third-order valence-corrected chi connectivity index (χ3v) is 6.19. The number of thiazole rings is 1. The fraction of sp³-hybridized carbons (Fsp3) is 0.318. The van der Waals surface area contributed by atoms with Crippen LogP contribution in [0.1, 0.15) is 17.8 Å². The van der Waals surface area contributed by atoms with Gasteiger partial charge in [-0.3, -0.25) is 4.79 Å². The zero-order valence-corrected chi connectivity index (χ0v) is 17.2. The molecule has 7 heteroatoms. The molecule has 0 saturated carbocycles. The molecule has 1 atom stereocenters. The molecule has 3 aromatic rings. The van der Waals surface area contributed by atoms with E-state index in [0.717, 1.165) is 33.8 Å². The topological polar surface area (TPSA) is 65.5 Å². The molecule has 1 aliphatic heterocycles. The molecule has 2 heterocycles. The van der Waals surface area contributed by atoms with Crippen molar-refractivity contribution in [2.24, 2.45) is 5.92 Å². The van der Waals surface area contributed by atoms with E-state index in [1.54, 1.807) is 21.1 Å². The monoisotopic (exact) mass is 408 g/mol. The maximum atomic E-state index is 13.0. The molecule has 0 spiro atoms. The molecule has 29 heavy (non-hydrogen) atoms. The smallest absolute Gasteiger partial charge is 0.321 e. The SMILES string of the molecule is CN(Cc1nc2ccccc2s1)C(=O)C1CCCN(C(=O)Nc2ccccc2)C1. The number of likely N-dealkylation sites (tertiary alicyclic amines) is 1. The molecule has 0 bridgehead atoms. The van der Waals surface area contributed by atoms with E-state index in [-0.39, 0.29) is 17.9 Å². The number of carbonyl (C=O) groups excluding carboxylic acids is 2. The number of benzene rings is 2. The summed E-state index contributed by atoms with van der Waals surface area (Å²) in [5.41, 5.74) is 1.73. The number of hydrogen-bond acceptors (Lipinski definition) is 4. The Morgan fingerprint density at radius 1 is 1.17 bits per heavy atom. The second-order valence-corrected chi connectivity index (χ2v) is 8.47. The van der Waals surface area contributed by atoms with E-state index in [0.29, 0.717) is 19.6 Å². The van der Waals surface area contributed by atoms with Gasteiger partial charge in [0.1, 0.15) is 5.01 Å². The number of rotatable bonds is 4. The van der Waals surface area contributed by atoms with Gasteiger partial charge < -0.3 is 15.1 Å². The van der Waals surface area contributed by atoms with E-state index in [4.69, 9.17) is 0 Å². The zero-order chi connectivity index (χ0) is 20.2. The summed E-state index contributed by atoms with van der Waals surface area (Å²) >= 11 is 1.62. The number of nitrogens with one attached hydrogen (secondary N) is 1. The van der Waals surface area contributed by atoms with Crippen LogP contribution >= 0.6 is 11.3 Å². The highest BCUT2D eigenvalue weighted by atomic mass is 32.1. The van der Waals surface area contributed by atoms with Crippen molar-refractivity contribution in [2.75, 3.05) is 25.5 Å². The number of amides is 3. The summed E-state index contributed by atoms with van der Waals surface area (Å²) in [6.45, 7) is 1.61. The molecule has 2 aromatic carbocycles. The van der Waals surface area contributed by atoms with Crippen LogP contribution in [0.5, 0.6) is 0 Å². The fourth-order valence-corrected chi connectivity index (χ4v) is 4.69. The van der Waals surface area contributed by atoms with Gasteiger partial charge in [-0.25, -0.2) is 9.78 Å². The van der Waals surface area contributed by atoms with Crippen LogP contribution in [-0.2, 0) is 11.3 Å². The Bertz CT molecular complexity index is 971. The van der Waals surface area contributed by atoms with Crippen molar-refractivity contribution in [3.05, 3.63) is 59.6 Å². The highest BCUT2D eigenvalue weighted by molar-refractivity contribution is 7.18. The molecule has 1 aliphatic rings. The van der Waals surface area contributed by atoms with Crippen molar-refractivity contribution in [2.45, 2.75) is 19.4 Å². The van der Waals surface area contributed by atoms with Gasteiger partial charge in [0.05, 0.1) is 22.7 Å². The summed E-state index contributed by atoms with van der Waals surface area (Å²) in [6.07, 6.45) is 1.63. The van der Waals surface area contributed by atoms with Crippen LogP contribution in [-0.4, -0.2) is 46.9 Å². The largest absolute Gasteiger partial charge is 0.339 e. The first kappa shape index (κ1) is 19.4. The van der Waals surface area contributed by atoms with E-state index in [1.807, 2.05) is 61.6 Å². The van der Waals surface area contributed by atoms with Crippen LogP contribution in [0, 0.1) is 5.92 Å². The third-order valence-electron chi connectivity index (χ3n) is 5.17. The van der Waals surface area contributed by atoms with E-state index in [1.165, 1.54) is 0 Å². The molecule has 1 aromatic heterocycles. The average Bonchev–Trinajstić information content (AvgIpc) is 3.16. The standard InChI is InChI=1S/C22H24N4O2S/c1-25(15-20-24-18-11-5-6-12-19(18)29-20)21(27)16-8-7-13-26(14-16)22(28)23-17-9-3-2-4-10-17/h2-6,9-12,16H,7-8,13-15H2,1H3,(H,23,28). The second kappa shape index (κ2) is 8.61. The number of piperidine rings is 1. The van der Waals surface area contributed by atoms with Gasteiger partial charge in [-0.05, 0) is 37.1 Å². The van der Waals surface area contributed by atoms with Crippen molar-refractivity contribution < 1.29 is 9.59 Å². The summed E-state index contributed by atoms with van der Waals surface area (Å²) in [5, 5.41) is 3.84. The van der Waals surface area contributed by atoms with E-state index in [2.05, 4.69) is 10.3 Å². The maximum absolute atomic E-state index is 13.0. The number of carbonyl (C=O) groups is 2. The predicted molar refractivity (Wildman–Crippen MR) is 116 cm³/mol. The molecular formula is C22H24N4O2S. The molecule has 3 amide bonds. The molecule has 0 aliphatic carbocycles. The first-order chi connectivity index (χ1) is 14.1. The first-order valence-electron chi connectivity index (χ1n) is 9.80. The van der Waals surface area contributed by atoms with Crippen LogP contribution in [0.2, 0.25) is 0 Å². The highest BCUT2D eigenvalue weighted by Crippen LogP contribution is 2.24. The van der Waals surface area contributed by atoms with Crippen LogP contribution in [0.4, 0.5) is 10.5 Å². The number of anilines is 1. The van der Waals surface area contributed by atoms with Gasteiger partial charge >= 0.3 is 6.03 Å². The highest BCUT2D eigenvalue weighted by Gasteiger charge is 2.30. The summed E-state index contributed by atoms with van der Waals surface area (Å²) < 4.78 is 1.13. The fourth-order valence-electron chi connectivity index (χ4n) is 3.67. The predicted octanol–water partition coefficient (Wildman–Crippen LogP) is 4.20. The Balaban J connectivity index is 1.36. The van der Waals surface area contributed by atoms with E-state index < -0.39 is 0 Å². The molecule has 150 valence electrons. The Hall–Kier alpha value is -2.93.